The molecule has 0 amide bonds. The Morgan fingerprint density at radius 2 is 1.67 bits per heavy atom. The van der Waals surface area contributed by atoms with E-state index in [1.807, 2.05) is 48.5 Å². The number of hydrogen-bond acceptors (Lipinski definition) is 0. The lowest BCUT2D eigenvalue weighted by molar-refractivity contribution is -0.342. The fraction of sp³-hybridized carbons (Fsp3) is 0.0417. The van der Waals surface area contributed by atoms with Gasteiger partial charge in [0.05, 0.1) is 16.7 Å². The largest absolute Gasteiger partial charge is 0.419 e. The highest BCUT2D eigenvalue weighted by molar-refractivity contribution is 6.24. The van der Waals surface area contributed by atoms with Crippen molar-refractivity contribution in [1.82, 2.24) is 4.98 Å². The van der Waals surface area contributed by atoms with Gasteiger partial charge in [-0.3, -0.25) is 0 Å². The van der Waals surface area contributed by atoms with Crippen molar-refractivity contribution < 1.29 is 22.6 Å². The lowest BCUT2D eigenvalue weighted by Crippen LogP contribution is -2.58. The monoisotopic (exact) mass is 407 g/mol. The molecule has 0 aliphatic carbocycles. The molecule has 6 heteroatoms. The second-order valence-corrected chi connectivity index (χ2v) is 7.06. The van der Waals surface area contributed by atoms with Crippen LogP contribution < -0.4 is 4.99 Å². The van der Waals surface area contributed by atoms with Crippen LogP contribution in [0.25, 0.3) is 22.0 Å². The normalized spacial score (nSPS) is 14.9. The fourth-order valence-electron chi connectivity index (χ4n) is 3.91. The lowest BCUT2D eigenvalue weighted by atomic mass is 9.89. The van der Waals surface area contributed by atoms with E-state index >= 15 is 0 Å². The van der Waals surface area contributed by atoms with Crippen LogP contribution in [0.5, 0.6) is 0 Å². The summed E-state index contributed by atoms with van der Waals surface area (Å²) in [5.41, 5.74) is 3.69. The molecule has 1 aliphatic heterocycles. The molecule has 5 rings (SSSR count). The number of rotatable bonds is 2. The van der Waals surface area contributed by atoms with Crippen LogP contribution in [0, 0.1) is 5.82 Å². The molecule has 0 unspecified atom stereocenters. The summed E-state index contributed by atoms with van der Waals surface area (Å²) >= 11 is 0. The molecule has 0 atom stereocenters. The van der Waals surface area contributed by atoms with Crippen molar-refractivity contribution in [2.24, 2.45) is 0 Å². The Hall–Kier alpha value is -3.67. The molecule has 0 saturated carbocycles. The van der Waals surface area contributed by atoms with Gasteiger partial charge in [0.2, 0.25) is 5.69 Å². The molecule has 1 aromatic heterocycles. The summed E-state index contributed by atoms with van der Waals surface area (Å²) in [6.45, 7) is 0. The maximum absolute atomic E-state index is 14.0. The van der Waals surface area contributed by atoms with Crippen LogP contribution in [-0.2, 0) is 6.18 Å². The van der Waals surface area contributed by atoms with Crippen molar-refractivity contribution in [2.45, 2.75) is 6.18 Å². The van der Waals surface area contributed by atoms with Crippen molar-refractivity contribution in [3.05, 3.63) is 101 Å². The Kier molecular flexibility index (Phi) is 4.10. The third kappa shape index (κ3) is 2.92. The van der Waals surface area contributed by atoms with Gasteiger partial charge in [-0.25, -0.2) is 9.38 Å². The number of para-hydroxylation sites is 2. The van der Waals surface area contributed by atoms with Gasteiger partial charge in [-0.2, -0.15) is 13.2 Å². The van der Waals surface area contributed by atoms with Gasteiger partial charge in [-0.15, -0.1) is 0 Å². The molecule has 0 radical (unpaired) electrons. The molecule has 4 aromatic rings. The van der Waals surface area contributed by atoms with Gasteiger partial charge >= 0.3 is 6.18 Å². The molecule has 3 aromatic carbocycles. The standard InChI is InChI=1S/C24H14F4N2/c25-20-10-9-14(11-19(20)24(26,27)28)23(17-12-29-21-7-3-1-5-15(17)21)18-13-30-22-8-4-2-6-16(18)22/h1-13,29H/p+1/b23-18+. The predicted molar refractivity (Wildman–Crippen MR) is 109 cm³/mol. The van der Waals surface area contributed by atoms with Crippen molar-refractivity contribution in [2.75, 3.05) is 0 Å². The molecule has 30 heavy (non-hydrogen) atoms. The summed E-state index contributed by atoms with van der Waals surface area (Å²) < 4.78 is 54.2. The Bertz CT molecular complexity index is 1340. The van der Waals surface area contributed by atoms with Gasteiger partial charge in [0.15, 0.2) is 6.21 Å². The molecule has 1 aliphatic rings. The maximum atomic E-state index is 14.0. The van der Waals surface area contributed by atoms with Crippen LogP contribution in [-0.4, -0.2) is 11.2 Å². The lowest BCUT2D eigenvalue weighted by Gasteiger charge is -2.14. The summed E-state index contributed by atoms with van der Waals surface area (Å²) in [6, 6.07) is 18.3. The molecule has 2 N–H and O–H groups in total. The highest BCUT2D eigenvalue weighted by atomic mass is 19.4. The summed E-state index contributed by atoms with van der Waals surface area (Å²) in [5, 5.41) is 0.871. The topological polar surface area (TPSA) is 29.8 Å². The first kappa shape index (κ1) is 18.4. The van der Waals surface area contributed by atoms with Gasteiger partial charge in [0.1, 0.15) is 5.82 Å². The van der Waals surface area contributed by atoms with E-state index in [1.165, 1.54) is 6.07 Å². The number of nitrogens with one attached hydrogen (secondary N) is 2. The van der Waals surface area contributed by atoms with E-state index in [4.69, 9.17) is 0 Å². The zero-order valence-electron chi connectivity index (χ0n) is 15.5. The minimum absolute atomic E-state index is 0.290. The SMILES string of the molecule is Fc1ccc(/C(=C2/C=[NH+]c3ccccc32)c2c[nH]c3ccccc23)cc1C(F)(F)F. The molecule has 0 bridgehead atoms. The number of aromatic nitrogens is 1. The number of allylic oxidation sites excluding steroid dienone is 1. The van der Waals surface area contributed by atoms with E-state index < -0.39 is 17.6 Å². The van der Waals surface area contributed by atoms with E-state index in [-0.39, 0.29) is 0 Å². The van der Waals surface area contributed by atoms with Crippen molar-refractivity contribution in [1.29, 1.82) is 0 Å². The first-order chi connectivity index (χ1) is 14.4. The quantitative estimate of drug-likeness (QED) is 0.434. The van der Waals surface area contributed by atoms with Gasteiger partial charge < -0.3 is 4.98 Å². The van der Waals surface area contributed by atoms with Crippen LogP contribution in [0.3, 0.4) is 0 Å². The number of fused-ring (bicyclic) bond motifs is 2. The van der Waals surface area contributed by atoms with Gasteiger partial charge in [0.25, 0.3) is 0 Å². The third-order valence-corrected chi connectivity index (χ3v) is 5.28. The Balaban J connectivity index is 1.85. The van der Waals surface area contributed by atoms with Crippen molar-refractivity contribution in [3.8, 4) is 0 Å². The van der Waals surface area contributed by atoms with E-state index in [1.54, 1.807) is 12.4 Å². The molecule has 2 nitrogen and oxygen atoms in total. The summed E-state index contributed by atoms with van der Waals surface area (Å²) in [5.74, 6) is -1.29. The number of halogens is 4. The molecule has 148 valence electrons. The average molecular weight is 407 g/mol. The minimum Gasteiger partial charge on any atom is -0.361 e. The third-order valence-electron chi connectivity index (χ3n) is 5.28. The van der Waals surface area contributed by atoms with Gasteiger partial charge in [0, 0.05) is 34.3 Å². The van der Waals surface area contributed by atoms with E-state index in [2.05, 4.69) is 9.98 Å². The number of benzene rings is 3. The van der Waals surface area contributed by atoms with Crippen LogP contribution >= 0.6 is 0 Å². The first-order valence-electron chi connectivity index (χ1n) is 9.30. The molecule has 0 fully saturated rings. The predicted octanol–water partition coefficient (Wildman–Crippen LogP) is 5.08. The van der Waals surface area contributed by atoms with Crippen LogP contribution in [0.2, 0.25) is 0 Å². The molecule has 0 spiro atoms. The number of alkyl halides is 3. The number of hydrogen-bond donors (Lipinski definition) is 2. The van der Waals surface area contributed by atoms with E-state index in [9.17, 15) is 17.6 Å². The average Bonchev–Trinajstić information content (AvgIpc) is 3.34. The smallest absolute Gasteiger partial charge is 0.361 e. The minimum atomic E-state index is -4.79. The van der Waals surface area contributed by atoms with Crippen molar-refractivity contribution in [3.63, 3.8) is 0 Å². The molecular formula is C24H15F4N2+. The Morgan fingerprint density at radius 1 is 0.900 bits per heavy atom. The zero-order chi connectivity index (χ0) is 20.9. The van der Waals surface area contributed by atoms with E-state index in [0.717, 1.165) is 45.4 Å². The van der Waals surface area contributed by atoms with Crippen LogP contribution in [0.4, 0.5) is 23.2 Å². The van der Waals surface area contributed by atoms with Gasteiger partial charge in [-0.05, 0) is 29.8 Å². The molecular weight excluding hydrogens is 392 g/mol. The summed E-state index contributed by atoms with van der Waals surface area (Å²) in [4.78, 5) is 6.35. The highest BCUT2D eigenvalue weighted by Gasteiger charge is 2.35. The Morgan fingerprint density at radius 3 is 2.50 bits per heavy atom. The highest BCUT2D eigenvalue weighted by Crippen LogP contribution is 2.40. The second-order valence-electron chi connectivity index (χ2n) is 7.06. The fourth-order valence-corrected chi connectivity index (χ4v) is 3.91. The number of H-pyrrole nitrogens is 1. The first-order valence-corrected chi connectivity index (χ1v) is 9.30. The van der Waals surface area contributed by atoms with E-state index in [0.29, 0.717) is 11.1 Å². The zero-order valence-corrected chi connectivity index (χ0v) is 15.5. The Labute approximate surface area is 169 Å². The van der Waals surface area contributed by atoms with Gasteiger partial charge in [-0.1, -0.05) is 36.4 Å². The number of aromatic amines is 1. The van der Waals surface area contributed by atoms with Crippen LogP contribution in [0.15, 0.2) is 72.9 Å². The van der Waals surface area contributed by atoms with Crippen LogP contribution in [0.1, 0.15) is 22.3 Å². The molecule has 0 saturated heterocycles. The summed E-state index contributed by atoms with van der Waals surface area (Å²) in [7, 11) is 0. The molecule has 2 heterocycles. The maximum Gasteiger partial charge on any atom is 0.419 e. The second kappa shape index (κ2) is 6.69. The van der Waals surface area contributed by atoms with Crippen molar-refractivity contribution >= 4 is 34.0 Å². The summed E-state index contributed by atoms with van der Waals surface area (Å²) in [6.07, 6.45) is -1.23.